The van der Waals surface area contributed by atoms with Crippen molar-refractivity contribution in [2.24, 2.45) is 0 Å². The van der Waals surface area contributed by atoms with E-state index in [2.05, 4.69) is 5.32 Å². The smallest absolute Gasteiger partial charge is 0.242 e. The van der Waals surface area contributed by atoms with Crippen molar-refractivity contribution in [3.63, 3.8) is 0 Å². The van der Waals surface area contributed by atoms with Gasteiger partial charge >= 0.3 is 0 Å². The Morgan fingerprint density at radius 3 is 2.41 bits per heavy atom. The summed E-state index contributed by atoms with van der Waals surface area (Å²) in [5.41, 5.74) is 3.20. The molecule has 2 amide bonds. The number of amides is 2. The van der Waals surface area contributed by atoms with Crippen LogP contribution in [0.15, 0.2) is 48.5 Å². The number of thioether (sulfide) groups is 1. The number of hydrogen-bond acceptors (Lipinski definition) is 3. The van der Waals surface area contributed by atoms with Crippen molar-refractivity contribution >= 4 is 35.2 Å². The molecule has 3 rings (SSSR count). The summed E-state index contributed by atoms with van der Waals surface area (Å²) in [5, 5.41) is 3.90. The minimum atomic E-state index is -0.523. The Kier molecular flexibility index (Phi) is 9.49. The molecule has 0 heterocycles. The van der Waals surface area contributed by atoms with E-state index in [1.54, 1.807) is 4.90 Å². The molecule has 0 bridgehead atoms. The van der Waals surface area contributed by atoms with Crippen molar-refractivity contribution in [2.45, 2.75) is 70.3 Å². The van der Waals surface area contributed by atoms with Crippen LogP contribution in [0.4, 0.5) is 0 Å². The van der Waals surface area contributed by atoms with Crippen LogP contribution in [0.25, 0.3) is 0 Å². The largest absolute Gasteiger partial charge is 0.352 e. The molecular weight excluding hydrogens is 440 g/mol. The summed E-state index contributed by atoms with van der Waals surface area (Å²) in [6.45, 7) is 4.31. The van der Waals surface area contributed by atoms with Gasteiger partial charge in [-0.1, -0.05) is 73.3 Å². The van der Waals surface area contributed by atoms with Crippen LogP contribution in [0, 0.1) is 6.92 Å². The first-order valence-corrected chi connectivity index (χ1v) is 12.9. The van der Waals surface area contributed by atoms with E-state index in [0.29, 0.717) is 23.1 Å². The molecule has 1 aliphatic carbocycles. The van der Waals surface area contributed by atoms with Crippen molar-refractivity contribution in [3.8, 4) is 0 Å². The highest BCUT2D eigenvalue weighted by Crippen LogP contribution is 2.22. The van der Waals surface area contributed by atoms with E-state index in [1.807, 2.05) is 62.4 Å². The lowest BCUT2D eigenvalue weighted by atomic mass is 9.95. The Labute approximate surface area is 201 Å². The van der Waals surface area contributed by atoms with Crippen LogP contribution in [0.1, 0.15) is 55.7 Å². The first-order valence-electron chi connectivity index (χ1n) is 11.4. The predicted molar refractivity (Wildman–Crippen MR) is 134 cm³/mol. The fourth-order valence-corrected chi connectivity index (χ4v) is 5.26. The average Bonchev–Trinajstić information content (AvgIpc) is 2.80. The Bertz CT molecular complexity index is 914. The van der Waals surface area contributed by atoms with Crippen LogP contribution in [0.5, 0.6) is 0 Å². The molecule has 2 aromatic rings. The summed E-state index contributed by atoms with van der Waals surface area (Å²) in [7, 11) is 0. The number of nitrogens with one attached hydrogen (secondary N) is 1. The van der Waals surface area contributed by atoms with Crippen molar-refractivity contribution < 1.29 is 9.59 Å². The van der Waals surface area contributed by atoms with Gasteiger partial charge in [0.25, 0.3) is 0 Å². The fraction of sp³-hybridized carbons (Fsp3) is 0.462. The summed E-state index contributed by atoms with van der Waals surface area (Å²) >= 11 is 7.78. The standard InChI is InChI=1S/C26H33ClN2O2S/c1-19-10-6-7-11-21(19)16-29(20(2)26(31)28-23-13-4-3-5-14-23)25(30)18-32-17-22-12-8-9-15-24(22)27/h6-12,15,20,23H,3-5,13-14,16-18H2,1-2H3,(H,28,31)/t20-/m0/s1. The highest BCUT2D eigenvalue weighted by molar-refractivity contribution is 7.99. The van der Waals surface area contributed by atoms with Gasteiger partial charge < -0.3 is 10.2 Å². The number of aryl methyl sites for hydroxylation is 1. The molecule has 2 aromatic carbocycles. The summed E-state index contributed by atoms with van der Waals surface area (Å²) in [6, 6.07) is 15.4. The zero-order chi connectivity index (χ0) is 22.9. The molecule has 1 saturated carbocycles. The minimum Gasteiger partial charge on any atom is -0.352 e. The zero-order valence-electron chi connectivity index (χ0n) is 19.0. The van der Waals surface area contributed by atoms with Gasteiger partial charge in [-0.2, -0.15) is 0 Å². The molecule has 32 heavy (non-hydrogen) atoms. The van der Waals surface area contributed by atoms with Gasteiger partial charge in [-0.3, -0.25) is 9.59 Å². The Balaban J connectivity index is 1.67. The lowest BCUT2D eigenvalue weighted by Crippen LogP contribution is -2.50. The van der Waals surface area contributed by atoms with Gasteiger partial charge in [-0.15, -0.1) is 11.8 Å². The third kappa shape index (κ3) is 7.01. The Morgan fingerprint density at radius 1 is 1.06 bits per heavy atom. The Morgan fingerprint density at radius 2 is 1.72 bits per heavy atom. The third-order valence-corrected chi connectivity index (χ3v) is 7.50. The van der Waals surface area contributed by atoms with Crippen LogP contribution in [0.3, 0.4) is 0 Å². The van der Waals surface area contributed by atoms with Crippen molar-refractivity contribution in [1.82, 2.24) is 10.2 Å². The summed E-state index contributed by atoms with van der Waals surface area (Å²) in [6.07, 6.45) is 5.60. The number of nitrogens with zero attached hydrogens (tertiary/aromatic N) is 1. The van der Waals surface area contributed by atoms with Gasteiger partial charge in [0, 0.05) is 23.4 Å². The SMILES string of the molecule is Cc1ccccc1CN(C(=O)CSCc1ccccc1Cl)[C@@H](C)C(=O)NC1CCCCC1. The molecular formula is C26H33ClN2O2S. The molecule has 1 N–H and O–H groups in total. The molecule has 1 aliphatic rings. The van der Waals surface area contributed by atoms with E-state index < -0.39 is 6.04 Å². The molecule has 6 heteroatoms. The molecule has 0 aromatic heterocycles. The second-order valence-corrected chi connectivity index (χ2v) is 9.94. The van der Waals surface area contributed by atoms with E-state index in [9.17, 15) is 9.59 Å². The number of benzene rings is 2. The van der Waals surface area contributed by atoms with E-state index in [1.165, 1.54) is 18.2 Å². The molecule has 172 valence electrons. The molecule has 0 unspecified atom stereocenters. The summed E-state index contributed by atoms with van der Waals surface area (Å²) in [5.74, 6) is 0.872. The lowest BCUT2D eigenvalue weighted by Gasteiger charge is -2.31. The molecule has 0 aliphatic heterocycles. The topological polar surface area (TPSA) is 49.4 Å². The maximum absolute atomic E-state index is 13.3. The first-order chi connectivity index (χ1) is 15.5. The van der Waals surface area contributed by atoms with E-state index in [-0.39, 0.29) is 17.9 Å². The van der Waals surface area contributed by atoms with Gasteiger partial charge in [-0.05, 0) is 49.4 Å². The van der Waals surface area contributed by atoms with Crippen LogP contribution < -0.4 is 5.32 Å². The second-order valence-electron chi connectivity index (χ2n) is 8.55. The quantitative estimate of drug-likeness (QED) is 0.505. The predicted octanol–water partition coefficient (Wildman–Crippen LogP) is 5.75. The van der Waals surface area contributed by atoms with Crippen molar-refractivity contribution in [1.29, 1.82) is 0 Å². The molecule has 1 fully saturated rings. The first kappa shape index (κ1) is 24.7. The number of hydrogen-bond donors (Lipinski definition) is 1. The normalized spacial score (nSPS) is 15.2. The van der Waals surface area contributed by atoms with Crippen LogP contribution >= 0.6 is 23.4 Å². The summed E-state index contributed by atoms with van der Waals surface area (Å²) in [4.78, 5) is 28.0. The molecule has 1 atom stereocenters. The van der Waals surface area contributed by atoms with Gasteiger partial charge in [0.1, 0.15) is 6.04 Å². The van der Waals surface area contributed by atoms with E-state index in [0.717, 1.165) is 42.4 Å². The maximum atomic E-state index is 13.3. The van der Waals surface area contributed by atoms with Gasteiger partial charge in [-0.25, -0.2) is 0 Å². The van der Waals surface area contributed by atoms with Gasteiger partial charge in [0.05, 0.1) is 5.75 Å². The molecule has 0 radical (unpaired) electrons. The van der Waals surface area contributed by atoms with Gasteiger partial charge in [0.15, 0.2) is 0 Å². The number of rotatable bonds is 9. The fourth-order valence-electron chi connectivity index (χ4n) is 4.07. The van der Waals surface area contributed by atoms with E-state index in [4.69, 9.17) is 11.6 Å². The van der Waals surface area contributed by atoms with Crippen molar-refractivity contribution in [2.75, 3.05) is 5.75 Å². The number of carbonyl (C=O) groups is 2. The monoisotopic (exact) mass is 472 g/mol. The average molecular weight is 473 g/mol. The second kappa shape index (κ2) is 12.3. The van der Waals surface area contributed by atoms with Crippen LogP contribution in [0.2, 0.25) is 5.02 Å². The maximum Gasteiger partial charge on any atom is 0.242 e. The van der Waals surface area contributed by atoms with Gasteiger partial charge in [0.2, 0.25) is 11.8 Å². The molecule has 0 spiro atoms. The highest BCUT2D eigenvalue weighted by atomic mass is 35.5. The number of halogens is 1. The highest BCUT2D eigenvalue weighted by Gasteiger charge is 2.28. The van der Waals surface area contributed by atoms with Crippen LogP contribution in [-0.2, 0) is 21.9 Å². The number of carbonyl (C=O) groups excluding carboxylic acids is 2. The zero-order valence-corrected chi connectivity index (χ0v) is 20.6. The van der Waals surface area contributed by atoms with Crippen LogP contribution in [-0.4, -0.2) is 34.6 Å². The molecule has 4 nitrogen and oxygen atoms in total. The van der Waals surface area contributed by atoms with Crippen molar-refractivity contribution in [3.05, 3.63) is 70.2 Å². The Hall–Kier alpha value is -1.98. The molecule has 0 saturated heterocycles. The minimum absolute atomic E-state index is 0.0309. The van der Waals surface area contributed by atoms with E-state index >= 15 is 0 Å². The lowest BCUT2D eigenvalue weighted by molar-refractivity contribution is -0.139. The summed E-state index contributed by atoms with van der Waals surface area (Å²) < 4.78 is 0. The third-order valence-electron chi connectivity index (χ3n) is 6.16.